The number of benzene rings is 1. The Morgan fingerprint density at radius 3 is 2.86 bits per heavy atom. The number of hydrogen-bond donors (Lipinski definition) is 1. The Bertz CT molecular complexity index is 912. The molecule has 3 rings (SSSR count). The van der Waals surface area contributed by atoms with E-state index < -0.39 is 5.91 Å². The Morgan fingerprint density at radius 1 is 1.32 bits per heavy atom. The summed E-state index contributed by atoms with van der Waals surface area (Å²) in [7, 11) is 0. The molecule has 0 aliphatic carbocycles. The summed E-state index contributed by atoms with van der Waals surface area (Å²) in [4.78, 5) is 24.2. The highest BCUT2D eigenvalue weighted by Crippen LogP contribution is 2.09. The Balaban J connectivity index is 1.84. The predicted octanol–water partition coefficient (Wildman–Crippen LogP) is 1.04. The third kappa shape index (κ3) is 2.71. The lowest BCUT2D eigenvalue weighted by Crippen LogP contribution is -2.30. The number of aryl methyl sites for hydroxylation is 2. The van der Waals surface area contributed by atoms with Gasteiger partial charge in [0, 0.05) is 6.07 Å². The monoisotopic (exact) mass is 299 g/mol. The molecule has 0 radical (unpaired) electrons. The molecule has 1 amide bonds. The van der Waals surface area contributed by atoms with Crippen molar-refractivity contribution in [1.29, 1.82) is 0 Å². The SMILES string of the molecule is Cc1ccc2c(=O)n(CC(=O)Nc3cc(C)no3)nnc2c1. The first-order chi connectivity index (χ1) is 10.5. The third-order valence-corrected chi connectivity index (χ3v) is 3.06. The van der Waals surface area contributed by atoms with Crippen LogP contribution in [-0.4, -0.2) is 26.1 Å². The molecule has 0 saturated heterocycles. The van der Waals surface area contributed by atoms with E-state index in [2.05, 4.69) is 20.8 Å². The van der Waals surface area contributed by atoms with E-state index >= 15 is 0 Å². The minimum Gasteiger partial charge on any atom is -0.338 e. The van der Waals surface area contributed by atoms with Gasteiger partial charge in [-0.1, -0.05) is 16.4 Å². The van der Waals surface area contributed by atoms with E-state index in [0.717, 1.165) is 10.2 Å². The highest BCUT2D eigenvalue weighted by atomic mass is 16.5. The molecule has 8 nitrogen and oxygen atoms in total. The van der Waals surface area contributed by atoms with Gasteiger partial charge in [-0.2, -0.15) is 0 Å². The second-order valence-corrected chi connectivity index (χ2v) is 4.95. The number of aromatic nitrogens is 4. The van der Waals surface area contributed by atoms with Crippen LogP contribution >= 0.6 is 0 Å². The van der Waals surface area contributed by atoms with Crippen molar-refractivity contribution in [2.75, 3.05) is 5.32 Å². The third-order valence-electron chi connectivity index (χ3n) is 3.06. The van der Waals surface area contributed by atoms with Gasteiger partial charge in [-0.3, -0.25) is 14.9 Å². The van der Waals surface area contributed by atoms with E-state index in [9.17, 15) is 9.59 Å². The quantitative estimate of drug-likeness (QED) is 0.775. The molecular formula is C14H13N5O3. The van der Waals surface area contributed by atoms with Crippen molar-refractivity contribution in [3.8, 4) is 0 Å². The maximum Gasteiger partial charge on any atom is 0.278 e. The fourth-order valence-corrected chi connectivity index (χ4v) is 2.03. The van der Waals surface area contributed by atoms with Gasteiger partial charge in [-0.15, -0.1) is 5.10 Å². The van der Waals surface area contributed by atoms with Gasteiger partial charge in [0.1, 0.15) is 12.1 Å². The lowest BCUT2D eigenvalue weighted by molar-refractivity contribution is -0.117. The Morgan fingerprint density at radius 2 is 2.14 bits per heavy atom. The molecule has 2 aromatic heterocycles. The van der Waals surface area contributed by atoms with Crippen LogP contribution < -0.4 is 10.9 Å². The topological polar surface area (TPSA) is 103 Å². The van der Waals surface area contributed by atoms with E-state index in [1.165, 1.54) is 0 Å². The molecule has 112 valence electrons. The van der Waals surface area contributed by atoms with Gasteiger partial charge in [0.05, 0.1) is 11.1 Å². The number of nitrogens with zero attached hydrogens (tertiary/aromatic N) is 4. The molecule has 0 unspecified atom stereocenters. The summed E-state index contributed by atoms with van der Waals surface area (Å²) in [6.45, 7) is 3.38. The van der Waals surface area contributed by atoms with Crippen LogP contribution in [0.5, 0.6) is 0 Å². The van der Waals surface area contributed by atoms with Crippen LogP contribution in [-0.2, 0) is 11.3 Å². The summed E-state index contributed by atoms with van der Waals surface area (Å²) >= 11 is 0. The standard InChI is InChI=1S/C14H13N5O3/c1-8-3-4-10-11(5-8)16-18-19(14(10)21)7-12(20)15-13-6-9(2)17-22-13/h3-6H,7H2,1-2H3,(H,15,20). The van der Waals surface area contributed by atoms with Gasteiger partial charge < -0.3 is 4.52 Å². The largest absolute Gasteiger partial charge is 0.338 e. The Kier molecular flexibility index (Phi) is 3.42. The van der Waals surface area contributed by atoms with Crippen LogP contribution in [0.4, 0.5) is 5.88 Å². The van der Waals surface area contributed by atoms with Crippen LogP contribution in [0.25, 0.3) is 10.9 Å². The first-order valence-electron chi connectivity index (χ1n) is 6.60. The summed E-state index contributed by atoms with van der Waals surface area (Å²) in [5, 5.41) is 14.3. The number of amides is 1. The average molecular weight is 299 g/mol. The number of rotatable bonds is 3. The summed E-state index contributed by atoms with van der Waals surface area (Å²) in [6.07, 6.45) is 0. The average Bonchev–Trinajstić information content (AvgIpc) is 2.87. The minimum atomic E-state index is -0.445. The number of carbonyl (C=O) groups is 1. The van der Waals surface area contributed by atoms with Crippen molar-refractivity contribution in [1.82, 2.24) is 20.2 Å². The molecule has 22 heavy (non-hydrogen) atoms. The molecule has 2 heterocycles. The van der Waals surface area contributed by atoms with Crippen LogP contribution in [0.1, 0.15) is 11.3 Å². The predicted molar refractivity (Wildman–Crippen MR) is 78.4 cm³/mol. The van der Waals surface area contributed by atoms with Crippen molar-refractivity contribution >= 4 is 22.7 Å². The highest BCUT2D eigenvalue weighted by molar-refractivity contribution is 5.89. The number of fused-ring (bicyclic) bond motifs is 1. The van der Waals surface area contributed by atoms with Gasteiger partial charge >= 0.3 is 0 Å². The molecule has 0 bridgehead atoms. The molecule has 0 saturated carbocycles. The molecule has 8 heteroatoms. The number of hydrogen-bond acceptors (Lipinski definition) is 6. The number of nitrogens with one attached hydrogen (secondary N) is 1. The maximum absolute atomic E-state index is 12.3. The molecule has 0 atom stereocenters. The van der Waals surface area contributed by atoms with Gasteiger partial charge in [0.15, 0.2) is 0 Å². The van der Waals surface area contributed by atoms with Crippen LogP contribution in [0.2, 0.25) is 0 Å². The van der Waals surface area contributed by atoms with Gasteiger partial charge in [0.25, 0.3) is 5.56 Å². The highest BCUT2D eigenvalue weighted by Gasteiger charge is 2.11. The molecule has 1 N–H and O–H groups in total. The molecule has 0 aliphatic rings. The zero-order valence-corrected chi connectivity index (χ0v) is 12.0. The normalized spacial score (nSPS) is 10.8. The van der Waals surface area contributed by atoms with Gasteiger partial charge in [-0.05, 0) is 31.5 Å². The molecule has 1 aromatic carbocycles. The molecular weight excluding hydrogens is 286 g/mol. The van der Waals surface area contributed by atoms with Crippen LogP contribution in [0, 0.1) is 13.8 Å². The molecule has 0 spiro atoms. The van der Waals surface area contributed by atoms with Crippen molar-refractivity contribution in [2.45, 2.75) is 20.4 Å². The summed E-state index contributed by atoms with van der Waals surface area (Å²) in [5.74, 6) is -0.223. The summed E-state index contributed by atoms with van der Waals surface area (Å²) in [5.41, 5.74) is 1.77. The minimum absolute atomic E-state index is 0.222. The smallest absolute Gasteiger partial charge is 0.278 e. The van der Waals surface area contributed by atoms with E-state index in [1.807, 2.05) is 13.0 Å². The lowest BCUT2D eigenvalue weighted by Gasteiger charge is -2.04. The number of carbonyl (C=O) groups excluding carboxylic acids is 1. The van der Waals surface area contributed by atoms with Crippen molar-refractivity contribution in [2.24, 2.45) is 0 Å². The van der Waals surface area contributed by atoms with Crippen LogP contribution in [0.3, 0.4) is 0 Å². The van der Waals surface area contributed by atoms with E-state index in [0.29, 0.717) is 16.6 Å². The van der Waals surface area contributed by atoms with E-state index in [4.69, 9.17) is 4.52 Å². The van der Waals surface area contributed by atoms with E-state index in [-0.39, 0.29) is 18.0 Å². The zero-order valence-electron chi connectivity index (χ0n) is 12.0. The maximum atomic E-state index is 12.3. The fraction of sp³-hybridized carbons (Fsp3) is 0.214. The van der Waals surface area contributed by atoms with Crippen LogP contribution in [0.15, 0.2) is 33.6 Å². The first kappa shape index (κ1) is 13.9. The molecule has 0 fully saturated rings. The van der Waals surface area contributed by atoms with Crippen molar-refractivity contribution < 1.29 is 9.32 Å². The first-order valence-corrected chi connectivity index (χ1v) is 6.60. The zero-order chi connectivity index (χ0) is 15.7. The molecule has 3 aromatic rings. The lowest BCUT2D eigenvalue weighted by atomic mass is 10.2. The summed E-state index contributed by atoms with van der Waals surface area (Å²) in [6, 6.07) is 6.84. The number of anilines is 1. The second kappa shape index (κ2) is 5.40. The van der Waals surface area contributed by atoms with Gasteiger partial charge in [-0.25, -0.2) is 4.68 Å². The van der Waals surface area contributed by atoms with Crippen molar-refractivity contribution in [3.05, 3.63) is 45.9 Å². The van der Waals surface area contributed by atoms with Gasteiger partial charge in [0.2, 0.25) is 11.8 Å². The Labute approximate surface area is 124 Å². The van der Waals surface area contributed by atoms with Crippen molar-refractivity contribution in [3.63, 3.8) is 0 Å². The second-order valence-electron chi connectivity index (χ2n) is 4.95. The molecule has 0 aliphatic heterocycles. The fourth-order valence-electron chi connectivity index (χ4n) is 2.03. The summed E-state index contributed by atoms with van der Waals surface area (Å²) < 4.78 is 5.89. The Hall–Kier alpha value is -3.03. The van der Waals surface area contributed by atoms with E-state index in [1.54, 1.807) is 25.1 Å².